The van der Waals surface area contributed by atoms with Crippen LogP contribution in [0, 0.1) is 0 Å². The summed E-state index contributed by atoms with van der Waals surface area (Å²) in [5.41, 5.74) is 0. The molecule has 0 aromatic carbocycles. The fraction of sp³-hybridized carbons (Fsp3) is 0.750. The normalized spacial score (nSPS) is 13.4. The average molecular weight is 166 g/mol. The zero-order valence-corrected chi connectivity index (χ0v) is 5.56. The molecule has 0 aliphatic carbocycles. The van der Waals surface area contributed by atoms with Crippen LogP contribution in [0.4, 0.5) is 0 Å². The Labute approximate surface area is 50.7 Å². The van der Waals surface area contributed by atoms with Gasteiger partial charge < -0.3 is 9.90 Å². The quantitative estimate of drug-likeness (QED) is 0.537. The van der Waals surface area contributed by atoms with Gasteiger partial charge >= 0.3 is 0 Å². The highest BCUT2D eigenvalue weighted by molar-refractivity contribution is 9.09. The van der Waals surface area contributed by atoms with E-state index in [9.17, 15) is 9.90 Å². The van der Waals surface area contributed by atoms with Crippen LogP contribution in [0.2, 0.25) is 0 Å². The van der Waals surface area contributed by atoms with Crippen LogP contribution < -0.4 is 5.11 Å². The van der Waals surface area contributed by atoms with Crippen LogP contribution in [-0.4, -0.2) is 10.8 Å². The maximum atomic E-state index is 9.67. The zero-order chi connectivity index (χ0) is 5.86. The van der Waals surface area contributed by atoms with Gasteiger partial charge in [-0.1, -0.05) is 22.9 Å². The largest absolute Gasteiger partial charge is 0.550 e. The van der Waals surface area contributed by atoms with E-state index in [0.29, 0.717) is 0 Å². The maximum Gasteiger partial charge on any atom is 0.0425 e. The molecule has 0 saturated carbocycles. The van der Waals surface area contributed by atoms with E-state index in [-0.39, 0.29) is 11.2 Å². The molecule has 0 aromatic rings. The minimum Gasteiger partial charge on any atom is -0.550 e. The number of carboxylic acids is 1. The maximum absolute atomic E-state index is 9.67. The van der Waals surface area contributed by atoms with Crippen LogP contribution in [0.25, 0.3) is 0 Å². The summed E-state index contributed by atoms with van der Waals surface area (Å²) in [4.78, 5) is 9.69. The first kappa shape index (κ1) is 6.95. The summed E-state index contributed by atoms with van der Waals surface area (Å²) >= 11 is 3.05. The van der Waals surface area contributed by atoms with Gasteiger partial charge in [0.25, 0.3) is 0 Å². The minimum atomic E-state index is -1.01. The summed E-state index contributed by atoms with van der Waals surface area (Å²) in [5.74, 6) is -1.01. The molecule has 3 heteroatoms. The van der Waals surface area contributed by atoms with E-state index < -0.39 is 5.97 Å². The van der Waals surface area contributed by atoms with E-state index in [0.717, 1.165) is 0 Å². The van der Waals surface area contributed by atoms with Gasteiger partial charge in [0.15, 0.2) is 0 Å². The zero-order valence-electron chi connectivity index (χ0n) is 3.98. The number of carboxylic acid groups (broad SMARTS) is 1. The lowest BCUT2D eigenvalue weighted by atomic mass is 10.3. The molecular formula is C4H6BrO2-. The van der Waals surface area contributed by atoms with Gasteiger partial charge in [-0.15, -0.1) is 0 Å². The lowest BCUT2D eigenvalue weighted by molar-refractivity contribution is -0.305. The molecule has 42 valence electrons. The molecule has 0 heterocycles. The third kappa shape index (κ3) is 5.95. The average Bonchev–Trinajstić information content (AvgIpc) is 1.27. The Bertz CT molecular complexity index is 70.1. The van der Waals surface area contributed by atoms with Crippen molar-refractivity contribution in [2.75, 3.05) is 0 Å². The number of aliphatic carboxylic acids is 1. The van der Waals surface area contributed by atoms with Crippen LogP contribution >= 0.6 is 15.9 Å². The highest BCUT2D eigenvalue weighted by atomic mass is 79.9. The fourth-order valence-electron chi connectivity index (χ4n) is 0.230. The second-order valence-electron chi connectivity index (χ2n) is 1.36. The van der Waals surface area contributed by atoms with E-state index in [1.165, 1.54) is 0 Å². The number of hydrogen-bond acceptors (Lipinski definition) is 2. The molecule has 0 rings (SSSR count). The third-order valence-corrected chi connectivity index (χ3v) is 0.772. The monoisotopic (exact) mass is 165 g/mol. The van der Waals surface area contributed by atoms with Gasteiger partial charge in [-0.3, -0.25) is 0 Å². The number of rotatable bonds is 2. The van der Waals surface area contributed by atoms with Crippen LogP contribution in [-0.2, 0) is 4.79 Å². The highest BCUT2D eigenvalue weighted by Gasteiger charge is 1.92. The van der Waals surface area contributed by atoms with Crippen molar-refractivity contribution in [2.45, 2.75) is 18.2 Å². The Balaban J connectivity index is 3.13. The first-order chi connectivity index (χ1) is 3.13. The van der Waals surface area contributed by atoms with Crippen molar-refractivity contribution < 1.29 is 9.90 Å². The Morgan fingerprint density at radius 2 is 2.43 bits per heavy atom. The predicted molar refractivity (Wildman–Crippen MR) is 28.0 cm³/mol. The predicted octanol–water partition coefficient (Wildman–Crippen LogP) is -0.0902. The molecule has 0 aliphatic rings. The van der Waals surface area contributed by atoms with Crippen molar-refractivity contribution in [2.24, 2.45) is 0 Å². The fourth-order valence-corrected chi connectivity index (χ4v) is 0.494. The Morgan fingerprint density at radius 3 is 2.43 bits per heavy atom. The second-order valence-corrected chi connectivity index (χ2v) is 2.92. The van der Waals surface area contributed by atoms with Gasteiger partial charge in [0.2, 0.25) is 0 Å². The smallest absolute Gasteiger partial charge is 0.0425 e. The van der Waals surface area contributed by atoms with Crippen molar-refractivity contribution in [3.05, 3.63) is 0 Å². The minimum absolute atomic E-state index is 0.0255. The summed E-state index contributed by atoms with van der Waals surface area (Å²) in [6, 6.07) is 0. The van der Waals surface area contributed by atoms with Crippen LogP contribution in [0.5, 0.6) is 0 Å². The molecule has 0 fully saturated rings. The van der Waals surface area contributed by atoms with E-state index in [1.54, 1.807) is 6.92 Å². The van der Waals surface area contributed by atoms with E-state index in [4.69, 9.17) is 0 Å². The molecule has 0 bridgehead atoms. The molecule has 0 radical (unpaired) electrons. The van der Waals surface area contributed by atoms with Crippen molar-refractivity contribution in [3.63, 3.8) is 0 Å². The van der Waals surface area contributed by atoms with E-state index in [2.05, 4.69) is 15.9 Å². The van der Waals surface area contributed by atoms with Gasteiger partial charge in [-0.25, -0.2) is 0 Å². The molecule has 0 aromatic heterocycles. The molecule has 7 heavy (non-hydrogen) atoms. The van der Waals surface area contributed by atoms with E-state index >= 15 is 0 Å². The third-order valence-electron chi connectivity index (χ3n) is 0.448. The van der Waals surface area contributed by atoms with Crippen molar-refractivity contribution in [3.8, 4) is 0 Å². The Kier molecular flexibility index (Phi) is 3.00. The summed E-state index contributed by atoms with van der Waals surface area (Å²) in [5, 5.41) is 9.67. The van der Waals surface area contributed by atoms with Gasteiger partial charge in [-0.05, 0) is 6.42 Å². The standard InChI is InChI=1S/C4H7BrO2/c1-3(5)2-4(6)7/h3H,2H2,1H3,(H,6,7)/p-1/t3-/m0/s1. The highest BCUT2D eigenvalue weighted by Crippen LogP contribution is 2.00. The molecule has 0 N–H and O–H groups in total. The second kappa shape index (κ2) is 3.02. The summed E-state index contributed by atoms with van der Waals surface area (Å²) in [6.45, 7) is 1.76. The SMILES string of the molecule is C[C@H](Br)CC(=O)[O-]. The number of carbonyl (C=O) groups excluding carboxylic acids is 1. The molecule has 2 nitrogen and oxygen atoms in total. The lowest BCUT2D eigenvalue weighted by Gasteiger charge is -2.00. The molecule has 0 unspecified atom stereocenters. The van der Waals surface area contributed by atoms with Gasteiger partial charge in [-0.2, -0.15) is 0 Å². The Morgan fingerprint density at radius 1 is 2.00 bits per heavy atom. The van der Waals surface area contributed by atoms with Gasteiger partial charge in [0.1, 0.15) is 0 Å². The molecule has 1 atom stereocenters. The molecule has 0 spiro atoms. The molecule has 0 amide bonds. The summed E-state index contributed by atoms with van der Waals surface area (Å²) < 4.78 is 0. The van der Waals surface area contributed by atoms with Crippen molar-refractivity contribution in [1.29, 1.82) is 0 Å². The summed E-state index contributed by atoms with van der Waals surface area (Å²) in [7, 11) is 0. The number of alkyl halides is 1. The van der Waals surface area contributed by atoms with Crippen LogP contribution in [0.3, 0.4) is 0 Å². The van der Waals surface area contributed by atoms with E-state index in [1.807, 2.05) is 0 Å². The number of halogens is 1. The number of carbonyl (C=O) groups is 1. The van der Waals surface area contributed by atoms with Gasteiger partial charge in [0, 0.05) is 10.8 Å². The van der Waals surface area contributed by atoms with Crippen LogP contribution in [0.15, 0.2) is 0 Å². The number of hydrogen-bond donors (Lipinski definition) is 0. The first-order valence-electron chi connectivity index (χ1n) is 1.97. The molecular weight excluding hydrogens is 160 g/mol. The molecule has 0 saturated heterocycles. The topological polar surface area (TPSA) is 40.1 Å². The molecule has 0 aliphatic heterocycles. The summed E-state index contributed by atoms with van der Waals surface area (Å²) in [6.07, 6.45) is 0.0833. The first-order valence-corrected chi connectivity index (χ1v) is 2.88. The Hall–Kier alpha value is -0.0500. The van der Waals surface area contributed by atoms with Gasteiger partial charge in [0.05, 0.1) is 0 Å². The van der Waals surface area contributed by atoms with Crippen LogP contribution in [0.1, 0.15) is 13.3 Å². The van der Waals surface area contributed by atoms with Crippen molar-refractivity contribution >= 4 is 21.9 Å². The lowest BCUT2D eigenvalue weighted by Crippen LogP contribution is -2.24. The van der Waals surface area contributed by atoms with Crippen molar-refractivity contribution in [1.82, 2.24) is 0 Å².